The number of hydrogen-bond donors (Lipinski definition) is 2. The first kappa shape index (κ1) is 19.8. The second-order valence-corrected chi connectivity index (χ2v) is 11.0. The third-order valence-corrected chi connectivity index (χ3v) is 7.88. The molecule has 2 heterocycles. The summed E-state index contributed by atoms with van der Waals surface area (Å²) in [5, 5.41) is 15.2. The lowest BCUT2D eigenvalue weighted by molar-refractivity contribution is 0.174. The molecule has 2 aliphatic rings. The number of nitrogens with zero attached hydrogens (tertiary/aromatic N) is 2. The maximum atomic E-state index is 12.2. The van der Waals surface area contributed by atoms with Crippen LogP contribution in [0.5, 0.6) is 0 Å². The summed E-state index contributed by atoms with van der Waals surface area (Å²) in [4.78, 5) is 5.02. The van der Waals surface area contributed by atoms with Gasteiger partial charge in [0, 0.05) is 30.5 Å². The third-order valence-electron chi connectivity index (χ3n) is 5.69. The normalized spacial score (nSPS) is 22.0. The van der Waals surface area contributed by atoms with Crippen molar-refractivity contribution in [3.63, 3.8) is 0 Å². The number of anilines is 1. The van der Waals surface area contributed by atoms with Gasteiger partial charge in [-0.05, 0) is 38.0 Å². The first-order valence-electron chi connectivity index (χ1n) is 9.73. The number of sulfone groups is 1. The van der Waals surface area contributed by atoms with Crippen molar-refractivity contribution in [1.29, 1.82) is 0 Å². The molecule has 1 aromatic carbocycles. The second-order valence-electron chi connectivity index (χ2n) is 7.95. The Morgan fingerprint density at radius 3 is 2.61 bits per heavy atom. The van der Waals surface area contributed by atoms with Gasteiger partial charge in [0.1, 0.15) is 5.04 Å². The summed E-state index contributed by atoms with van der Waals surface area (Å²) >= 11 is 1.64. The molecule has 1 unspecified atom stereocenters. The van der Waals surface area contributed by atoms with Crippen LogP contribution in [0.4, 0.5) is 5.69 Å². The van der Waals surface area contributed by atoms with E-state index in [4.69, 9.17) is 0 Å². The Morgan fingerprint density at radius 2 is 2.00 bits per heavy atom. The van der Waals surface area contributed by atoms with Crippen molar-refractivity contribution in [2.24, 2.45) is 12.0 Å². The van der Waals surface area contributed by atoms with Gasteiger partial charge in [-0.2, -0.15) is 0 Å². The fraction of sp³-hybridized carbons (Fsp3) is 0.550. The number of aliphatic hydroxyl groups is 1. The summed E-state index contributed by atoms with van der Waals surface area (Å²) in [6, 6.07) is 5.82. The van der Waals surface area contributed by atoms with Crippen molar-refractivity contribution in [1.82, 2.24) is 4.57 Å². The Morgan fingerprint density at radius 1 is 1.29 bits per heavy atom. The van der Waals surface area contributed by atoms with Crippen molar-refractivity contribution < 1.29 is 13.5 Å². The lowest BCUT2D eigenvalue weighted by Gasteiger charge is -2.17. The van der Waals surface area contributed by atoms with Gasteiger partial charge in [0.05, 0.1) is 33.9 Å². The number of aliphatic imine (C=N–C) groups is 1. The molecule has 6 nitrogen and oxygen atoms in total. The fourth-order valence-corrected chi connectivity index (χ4v) is 5.98. The summed E-state index contributed by atoms with van der Waals surface area (Å²) in [5.74, 6) is 0.760. The molecule has 8 heteroatoms. The SMILES string of the molecule is CC(O)[C@@H]1CSC(c2cc3cc(S(C)(=O)=O)cc(NC4CCCC4)c3n2C)=N1. The summed E-state index contributed by atoms with van der Waals surface area (Å²) in [6.45, 7) is 1.77. The Bertz CT molecular complexity index is 1030. The molecule has 1 aromatic heterocycles. The molecule has 1 fully saturated rings. The molecular formula is C20H27N3O3S2. The van der Waals surface area contributed by atoms with Gasteiger partial charge in [0.15, 0.2) is 9.84 Å². The van der Waals surface area contributed by atoms with E-state index < -0.39 is 15.9 Å². The molecule has 1 aliphatic heterocycles. The van der Waals surface area contributed by atoms with Crippen LogP contribution in [-0.2, 0) is 16.9 Å². The number of thioether (sulfide) groups is 1. The standard InChI is InChI=1S/C20H27N3O3S2/c1-12(24)17-11-27-20(22-17)18-9-13-8-15(28(3,25)26)10-16(19(13)23(18)2)21-14-6-4-5-7-14/h8-10,12,14,17,21,24H,4-7,11H2,1-3H3/t12?,17-/m0/s1. The van der Waals surface area contributed by atoms with Crippen LogP contribution in [0.3, 0.4) is 0 Å². The lowest BCUT2D eigenvalue weighted by Crippen LogP contribution is -2.20. The van der Waals surface area contributed by atoms with Crippen LogP contribution in [0.2, 0.25) is 0 Å². The monoisotopic (exact) mass is 421 g/mol. The molecule has 4 rings (SSSR count). The maximum Gasteiger partial charge on any atom is 0.175 e. The third kappa shape index (κ3) is 3.69. The highest BCUT2D eigenvalue weighted by Gasteiger charge is 2.26. The largest absolute Gasteiger partial charge is 0.391 e. The van der Waals surface area contributed by atoms with Crippen molar-refractivity contribution in [2.45, 2.75) is 55.7 Å². The molecule has 2 atom stereocenters. The molecule has 28 heavy (non-hydrogen) atoms. The molecule has 0 amide bonds. The average molecular weight is 422 g/mol. The van der Waals surface area contributed by atoms with Crippen LogP contribution in [-0.4, -0.2) is 53.3 Å². The molecular weight excluding hydrogens is 394 g/mol. The molecule has 1 saturated carbocycles. The Labute approximate surface area is 170 Å². The summed E-state index contributed by atoms with van der Waals surface area (Å²) in [6.07, 6.45) is 5.41. The number of fused-ring (bicyclic) bond motifs is 1. The summed E-state index contributed by atoms with van der Waals surface area (Å²) in [5.41, 5.74) is 2.83. The van der Waals surface area contributed by atoms with E-state index in [0.717, 1.165) is 45.9 Å². The van der Waals surface area contributed by atoms with Crippen molar-refractivity contribution in [3.05, 3.63) is 23.9 Å². The van der Waals surface area contributed by atoms with Gasteiger partial charge >= 0.3 is 0 Å². The van der Waals surface area contributed by atoms with E-state index in [1.54, 1.807) is 30.8 Å². The van der Waals surface area contributed by atoms with Crippen LogP contribution in [0, 0.1) is 0 Å². The van der Waals surface area contributed by atoms with E-state index in [2.05, 4.69) is 14.9 Å². The van der Waals surface area contributed by atoms with Crippen LogP contribution >= 0.6 is 11.8 Å². The van der Waals surface area contributed by atoms with Crippen molar-refractivity contribution >= 4 is 43.2 Å². The van der Waals surface area contributed by atoms with Gasteiger partial charge in [-0.3, -0.25) is 4.99 Å². The van der Waals surface area contributed by atoms with Crippen LogP contribution < -0.4 is 5.32 Å². The highest BCUT2D eigenvalue weighted by molar-refractivity contribution is 8.14. The van der Waals surface area contributed by atoms with E-state index in [9.17, 15) is 13.5 Å². The van der Waals surface area contributed by atoms with Crippen LogP contribution in [0.15, 0.2) is 28.1 Å². The topological polar surface area (TPSA) is 83.7 Å². The minimum atomic E-state index is -3.31. The molecule has 0 radical (unpaired) electrons. The summed E-state index contributed by atoms with van der Waals surface area (Å²) < 4.78 is 26.6. The Hall–Kier alpha value is -1.51. The van der Waals surface area contributed by atoms with Gasteiger partial charge in [-0.25, -0.2) is 8.42 Å². The predicted octanol–water partition coefficient (Wildman–Crippen LogP) is 3.18. The fourth-order valence-electron chi connectivity index (χ4n) is 4.07. The lowest BCUT2D eigenvalue weighted by atomic mass is 10.2. The highest BCUT2D eigenvalue weighted by Crippen LogP contribution is 2.35. The number of benzene rings is 1. The average Bonchev–Trinajstić information content (AvgIpc) is 3.34. The van der Waals surface area contributed by atoms with Gasteiger partial charge < -0.3 is 15.0 Å². The Kier molecular flexibility index (Phi) is 5.22. The van der Waals surface area contributed by atoms with E-state index in [1.807, 2.05) is 13.1 Å². The molecule has 2 N–H and O–H groups in total. The molecule has 0 bridgehead atoms. The second kappa shape index (κ2) is 7.39. The zero-order chi connectivity index (χ0) is 20.1. The number of hydrogen-bond acceptors (Lipinski definition) is 6. The van der Waals surface area contributed by atoms with E-state index in [0.29, 0.717) is 10.9 Å². The molecule has 2 aromatic rings. The quantitative estimate of drug-likeness (QED) is 0.775. The maximum absolute atomic E-state index is 12.2. The van der Waals surface area contributed by atoms with Gasteiger partial charge in [0.2, 0.25) is 0 Å². The van der Waals surface area contributed by atoms with E-state index in [1.165, 1.54) is 19.1 Å². The van der Waals surface area contributed by atoms with E-state index >= 15 is 0 Å². The van der Waals surface area contributed by atoms with Crippen molar-refractivity contribution in [2.75, 3.05) is 17.3 Å². The zero-order valence-corrected chi connectivity index (χ0v) is 18.1. The summed E-state index contributed by atoms with van der Waals surface area (Å²) in [7, 11) is -1.31. The zero-order valence-electron chi connectivity index (χ0n) is 16.5. The molecule has 0 saturated heterocycles. The first-order chi connectivity index (χ1) is 13.2. The first-order valence-corrected chi connectivity index (χ1v) is 12.6. The number of aryl methyl sites for hydroxylation is 1. The van der Waals surface area contributed by atoms with E-state index in [-0.39, 0.29) is 6.04 Å². The number of rotatable bonds is 5. The number of aromatic nitrogens is 1. The van der Waals surface area contributed by atoms with Gasteiger partial charge in [-0.1, -0.05) is 12.8 Å². The minimum absolute atomic E-state index is 0.0966. The molecule has 1 aliphatic carbocycles. The predicted molar refractivity (Wildman–Crippen MR) is 116 cm³/mol. The van der Waals surface area contributed by atoms with Crippen LogP contribution in [0.1, 0.15) is 38.3 Å². The number of nitrogens with one attached hydrogen (secondary N) is 1. The van der Waals surface area contributed by atoms with Crippen molar-refractivity contribution in [3.8, 4) is 0 Å². The van der Waals surface area contributed by atoms with Gasteiger partial charge in [-0.15, -0.1) is 11.8 Å². The molecule has 0 spiro atoms. The number of aliphatic hydroxyl groups excluding tert-OH is 1. The molecule has 152 valence electrons. The highest BCUT2D eigenvalue weighted by atomic mass is 32.2. The van der Waals surface area contributed by atoms with Crippen LogP contribution in [0.25, 0.3) is 10.9 Å². The minimum Gasteiger partial charge on any atom is -0.391 e. The Balaban J connectivity index is 1.84. The smallest absolute Gasteiger partial charge is 0.175 e. The van der Waals surface area contributed by atoms with Gasteiger partial charge in [0.25, 0.3) is 0 Å².